The summed E-state index contributed by atoms with van der Waals surface area (Å²) in [4.78, 5) is 4.30. The van der Waals surface area contributed by atoms with Gasteiger partial charge in [-0.05, 0) is 62.2 Å². The van der Waals surface area contributed by atoms with Crippen molar-refractivity contribution in [2.45, 2.75) is 91.2 Å². The number of hydrogen-bond acceptors (Lipinski definition) is 6. The van der Waals surface area contributed by atoms with Crippen molar-refractivity contribution in [2.75, 3.05) is 13.2 Å². The largest absolute Gasteiger partial charge is 0.455 e. The predicted molar refractivity (Wildman–Crippen MR) is 145 cm³/mol. The maximum atomic E-state index is 12.5. The summed E-state index contributed by atoms with van der Waals surface area (Å²) < 4.78 is 90.1. The number of nitrogens with one attached hydrogen (secondary N) is 1. The van der Waals surface area contributed by atoms with Crippen molar-refractivity contribution >= 4 is 14.5 Å². The molecule has 2 rings (SSSR count). The SMILES string of the molecule is CC(C)[C@H](CO[Si](C)(C)C)N=Cc1ccc(C(F)(F)F)o1.CC[C@@H](N[C@@H](CO)C(C)C)c1ccc(C(F)(F)F)o1. The van der Waals surface area contributed by atoms with Crippen molar-refractivity contribution in [1.82, 2.24) is 5.32 Å². The summed E-state index contributed by atoms with van der Waals surface area (Å²) in [5, 5.41) is 12.4. The summed E-state index contributed by atoms with van der Waals surface area (Å²) in [7, 11) is -1.64. The van der Waals surface area contributed by atoms with Gasteiger partial charge in [-0.3, -0.25) is 4.99 Å². The predicted octanol–water partition coefficient (Wildman–Crippen LogP) is 7.95. The molecule has 0 aliphatic rings. The lowest BCUT2D eigenvalue weighted by Gasteiger charge is -2.25. The monoisotopic (exact) mass is 600 g/mol. The molecule has 2 aromatic rings. The number of hydrogen-bond donors (Lipinski definition) is 2. The standard InChI is InChI=1S/C14H22F3NO2Si.C13H20F3NO2/c1-10(2)12(9-19-21(3,4)5)18-8-11-6-7-13(20-11)14(15,16)17;1-4-9(17-10(7-18)8(2)3)11-5-6-12(19-11)13(14,15)16/h6-8,10,12H,9H2,1-5H3;5-6,8-10,17-18H,4,7H2,1-3H3/t12-;9-,10+/m01/s1. The first-order valence-corrected chi connectivity index (χ1v) is 16.6. The molecular weight excluding hydrogens is 558 g/mol. The number of alkyl halides is 6. The number of nitrogens with zero attached hydrogens (tertiary/aromatic N) is 1. The second-order valence-electron chi connectivity index (χ2n) is 11.1. The number of rotatable bonds is 12. The summed E-state index contributed by atoms with van der Waals surface area (Å²) in [6.45, 7) is 16.4. The van der Waals surface area contributed by atoms with Gasteiger partial charge < -0.3 is 23.7 Å². The van der Waals surface area contributed by atoms with Crippen molar-refractivity contribution in [1.29, 1.82) is 0 Å². The van der Waals surface area contributed by atoms with Crippen LogP contribution in [0.3, 0.4) is 0 Å². The Bertz CT molecular complexity index is 1030. The van der Waals surface area contributed by atoms with Crippen molar-refractivity contribution < 1.29 is 44.7 Å². The molecule has 0 aliphatic heterocycles. The minimum Gasteiger partial charge on any atom is -0.455 e. The molecule has 0 fully saturated rings. The van der Waals surface area contributed by atoms with Gasteiger partial charge in [0.05, 0.1) is 31.5 Å². The van der Waals surface area contributed by atoms with Gasteiger partial charge >= 0.3 is 12.4 Å². The van der Waals surface area contributed by atoms with Gasteiger partial charge in [-0.15, -0.1) is 0 Å². The molecule has 0 saturated carbocycles. The van der Waals surface area contributed by atoms with Crippen LogP contribution in [0.25, 0.3) is 0 Å². The van der Waals surface area contributed by atoms with E-state index in [1.165, 1.54) is 18.3 Å². The third kappa shape index (κ3) is 12.6. The van der Waals surface area contributed by atoms with E-state index < -0.39 is 32.2 Å². The van der Waals surface area contributed by atoms with Gasteiger partial charge in [-0.25, -0.2) is 0 Å². The molecule has 0 aliphatic carbocycles. The van der Waals surface area contributed by atoms with Crippen LogP contribution in [-0.2, 0) is 16.8 Å². The molecule has 230 valence electrons. The third-order valence-corrected chi connectivity index (χ3v) is 6.86. The van der Waals surface area contributed by atoms with E-state index in [2.05, 4.69) is 30.0 Å². The van der Waals surface area contributed by atoms with Gasteiger partial charge in [-0.1, -0.05) is 34.6 Å². The third-order valence-electron chi connectivity index (χ3n) is 5.83. The first-order chi connectivity index (χ1) is 18.3. The molecule has 0 saturated heterocycles. The second-order valence-corrected chi connectivity index (χ2v) is 15.6. The normalized spacial score (nSPS) is 15.4. The molecule has 40 heavy (non-hydrogen) atoms. The van der Waals surface area contributed by atoms with Crippen LogP contribution in [0.2, 0.25) is 19.6 Å². The molecule has 0 aromatic carbocycles. The molecule has 3 atom stereocenters. The quantitative estimate of drug-likeness (QED) is 0.147. The van der Waals surface area contributed by atoms with E-state index in [1.54, 1.807) is 0 Å². The highest BCUT2D eigenvalue weighted by Crippen LogP contribution is 2.33. The highest BCUT2D eigenvalue weighted by molar-refractivity contribution is 6.69. The van der Waals surface area contributed by atoms with Crippen LogP contribution in [0.4, 0.5) is 26.3 Å². The molecule has 2 aromatic heterocycles. The van der Waals surface area contributed by atoms with Crippen LogP contribution in [0.15, 0.2) is 38.1 Å². The number of aliphatic hydroxyl groups excluding tert-OH is 1. The molecule has 13 heteroatoms. The molecule has 2 heterocycles. The zero-order valence-corrected chi connectivity index (χ0v) is 25.3. The second kappa shape index (κ2) is 15.2. The molecule has 0 amide bonds. The molecule has 0 bridgehead atoms. The maximum Gasteiger partial charge on any atom is 0.449 e. The Morgan fingerprint density at radius 2 is 1.48 bits per heavy atom. The van der Waals surface area contributed by atoms with Crippen LogP contribution < -0.4 is 5.32 Å². The van der Waals surface area contributed by atoms with E-state index in [-0.39, 0.29) is 48.1 Å². The van der Waals surface area contributed by atoms with Crippen molar-refractivity contribution in [3.05, 3.63) is 47.3 Å². The lowest BCUT2D eigenvalue weighted by atomic mass is 10.0. The van der Waals surface area contributed by atoms with Gasteiger partial charge in [0.1, 0.15) is 11.5 Å². The summed E-state index contributed by atoms with van der Waals surface area (Å²) in [6, 6.07) is 3.82. The first-order valence-electron chi connectivity index (χ1n) is 13.2. The minimum absolute atomic E-state index is 0.0684. The first kappa shape index (κ1) is 35.9. The average Bonchev–Trinajstić information content (AvgIpc) is 3.49. The number of furan rings is 2. The highest BCUT2D eigenvalue weighted by Gasteiger charge is 2.36. The number of aliphatic hydroxyl groups is 1. The van der Waals surface area contributed by atoms with Gasteiger partial charge in [-0.2, -0.15) is 26.3 Å². The van der Waals surface area contributed by atoms with E-state index >= 15 is 0 Å². The van der Waals surface area contributed by atoms with Gasteiger partial charge in [0.2, 0.25) is 11.5 Å². The molecule has 0 unspecified atom stereocenters. The van der Waals surface area contributed by atoms with Crippen molar-refractivity contribution in [3.63, 3.8) is 0 Å². The Morgan fingerprint density at radius 1 is 0.925 bits per heavy atom. The van der Waals surface area contributed by atoms with Gasteiger partial charge in [0.25, 0.3) is 0 Å². The average molecular weight is 601 g/mol. The van der Waals surface area contributed by atoms with Crippen LogP contribution in [-0.4, -0.2) is 44.9 Å². The zero-order valence-electron chi connectivity index (χ0n) is 24.3. The smallest absolute Gasteiger partial charge is 0.449 e. The van der Waals surface area contributed by atoms with E-state index in [9.17, 15) is 31.4 Å². The lowest BCUT2D eigenvalue weighted by Crippen LogP contribution is -2.39. The highest BCUT2D eigenvalue weighted by atomic mass is 28.4. The fourth-order valence-electron chi connectivity index (χ4n) is 3.29. The summed E-state index contributed by atoms with van der Waals surface area (Å²) in [5.74, 6) is -1.25. The molecule has 0 radical (unpaired) electrons. The summed E-state index contributed by atoms with van der Waals surface area (Å²) in [6.07, 6.45) is -7.02. The lowest BCUT2D eigenvalue weighted by molar-refractivity contribution is -0.154. The van der Waals surface area contributed by atoms with E-state index in [0.717, 1.165) is 12.1 Å². The maximum absolute atomic E-state index is 12.5. The Balaban J connectivity index is 0.000000402. The summed E-state index contributed by atoms with van der Waals surface area (Å²) >= 11 is 0. The molecule has 0 spiro atoms. The van der Waals surface area contributed by atoms with Crippen LogP contribution in [0.5, 0.6) is 0 Å². The Kier molecular flexibility index (Phi) is 13.7. The van der Waals surface area contributed by atoms with Crippen LogP contribution in [0, 0.1) is 11.8 Å². The van der Waals surface area contributed by atoms with E-state index in [0.29, 0.717) is 13.0 Å². The Morgan fingerprint density at radius 3 is 1.88 bits per heavy atom. The van der Waals surface area contributed by atoms with Gasteiger partial charge in [0, 0.05) is 6.04 Å². The van der Waals surface area contributed by atoms with Crippen LogP contribution in [0.1, 0.15) is 70.1 Å². The number of aliphatic imine (C=N–C) groups is 1. The Hall–Kier alpha value is -2.09. The van der Waals surface area contributed by atoms with E-state index in [4.69, 9.17) is 13.3 Å². The molecular formula is C27H42F6N2O4Si. The fourth-order valence-corrected chi connectivity index (χ4v) is 3.97. The summed E-state index contributed by atoms with van der Waals surface area (Å²) in [5.41, 5.74) is 0. The minimum atomic E-state index is -4.47. The zero-order chi connectivity index (χ0) is 30.9. The van der Waals surface area contributed by atoms with Crippen molar-refractivity contribution in [2.24, 2.45) is 16.8 Å². The molecule has 2 N–H and O–H groups in total. The van der Waals surface area contributed by atoms with Crippen LogP contribution >= 0.6 is 0 Å². The fraction of sp³-hybridized carbons (Fsp3) is 0.667. The van der Waals surface area contributed by atoms with Gasteiger partial charge in [0.15, 0.2) is 8.32 Å². The van der Waals surface area contributed by atoms with E-state index in [1.807, 2.05) is 34.6 Å². The van der Waals surface area contributed by atoms with Crippen molar-refractivity contribution in [3.8, 4) is 0 Å². The topological polar surface area (TPSA) is 80.1 Å². The Labute approximate surface area is 233 Å². The number of halogens is 6. The molecule has 6 nitrogen and oxygen atoms in total.